The van der Waals surface area contributed by atoms with Crippen molar-refractivity contribution < 1.29 is 9.53 Å². The molecular weight excluding hydrogens is 382 g/mol. The van der Waals surface area contributed by atoms with Gasteiger partial charge in [0.05, 0.1) is 18.5 Å². The Balaban J connectivity index is 1.66. The van der Waals surface area contributed by atoms with E-state index < -0.39 is 0 Å². The van der Waals surface area contributed by atoms with Crippen LogP contribution in [0, 0.1) is 13.8 Å². The van der Waals surface area contributed by atoms with Crippen LogP contribution in [0.4, 0.5) is 11.4 Å². The third-order valence-electron chi connectivity index (χ3n) is 4.67. The van der Waals surface area contributed by atoms with Gasteiger partial charge in [0.25, 0.3) is 5.91 Å². The van der Waals surface area contributed by atoms with E-state index in [9.17, 15) is 4.79 Å². The van der Waals surface area contributed by atoms with Gasteiger partial charge >= 0.3 is 0 Å². The van der Waals surface area contributed by atoms with Crippen molar-refractivity contribution in [1.82, 2.24) is 4.98 Å². The molecule has 0 saturated carbocycles. The number of fused-ring (bicyclic) bond motifs is 1. The molecule has 0 spiro atoms. The molecule has 2 aromatic carbocycles. The molecule has 4 rings (SSSR count). The highest BCUT2D eigenvalue weighted by atomic mass is 32.1. The average molecular weight is 404 g/mol. The molecule has 0 radical (unpaired) electrons. The lowest BCUT2D eigenvalue weighted by molar-refractivity contribution is 0.103. The lowest BCUT2D eigenvalue weighted by atomic mass is 10.1. The molecule has 5 nitrogen and oxygen atoms in total. The van der Waals surface area contributed by atoms with Crippen molar-refractivity contribution in [1.29, 1.82) is 0 Å². The Morgan fingerprint density at radius 1 is 1.03 bits per heavy atom. The van der Waals surface area contributed by atoms with Gasteiger partial charge in [0, 0.05) is 16.6 Å². The molecular formula is C23H21N3O2S. The second kappa shape index (κ2) is 7.56. The minimum atomic E-state index is -0.221. The van der Waals surface area contributed by atoms with Crippen LogP contribution in [0.2, 0.25) is 0 Å². The van der Waals surface area contributed by atoms with Gasteiger partial charge in [0.1, 0.15) is 15.5 Å². The summed E-state index contributed by atoms with van der Waals surface area (Å²) in [6.07, 6.45) is 0. The molecule has 29 heavy (non-hydrogen) atoms. The summed E-state index contributed by atoms with van der Waals surface area (Å²) in [5.74, 6) is 0.571. The highest BCUT2D eigenvalue weighted by molar-refractivity contribution is 7.21. The molecule has 0 bridgehead atoms. The van der Waals surface area contributed by atoms with E-state index in [0.29, 0.717) is 10.6 Å². The maximum absolute atomic E-state index is 12.8. The van der Waals surface area contributed by atoms with E-state index >= 15 is 0 Å². The van der Waals surface area contributed by atoms with Gasteiger partial charge in [-0.25, -0.2) is 4.98 Å². The molecule has 0 saturated heterocycles. The van der Waals surface area contributed by atoms with Gasteiger partial charge in [-0.05, 0) is 73.5 Å². The number of aromatic nitrogens is 1. The smallest absolute Gasteiger partial charge is 0.267 e. The predicted molar refractivity (Wildman–Crippen MR) is 120 cm³/mol. The Morgan fingerprint density at radius 3 is 2.38 bits per heavy atom. The maximum Gasteiger partial charge on any atom is 0.267 e. The number of anilines is 2. The Bertz CT molecular complexity index is 1190. The Morgan fingerprint density at radius 2 is 1.72 bits per heavy atom. The fraction of sp³-hybridized carbons (Fsp3) is 0.130. The van der Waals surface area contributed by atoms with Crippen LogP contribution in [0.1, 0.15) is 20.8 Å². The molecule has 2 heterocycles. The summed E-state index contributed by atoms with van der Waals surface area (Å²) in [5.41, 5.74) is 11.5. The number of nitrogen functional groups attached to an aromatic ring is 1. The van der Waals surface area contributed by atoms with Crippen molar-refractivity contribution in [3.05, 3.63) is 70.6 Å². The highest BCUT2D eigenvalue weighted by Crippen LogP contribution is 2.35. The van der Waals surface area contributed by atoms with Crippen molar-refractivity contribution in [3.63, 3.8) is 0 Å². The van der Waals surface area contributed by atoms with Crippen LogP contribution >= 0.6 is 11.3 Å². The van der Waals surface area contributed by atoms with Crippen LogP contribution in [0.25, 0.3) is 21.5 Å². The molecule has 146 valence electrons. The molecule has 0 atom stereocenters. The number of methoxy groups -OCH3 is 1. The number of carbonyl (C=O) groups is 1. The summed E-state index contributed by atoms with van der Waals surface area (Å²) in [6.45, 7) is 4.00. The van der Waals surface area contributed by atoms with Crippen molar-refractivity contribution in [2.24, 2.45) is 0 Å². The zero-order chi connectivity index (χ0) is 20.5. The number of carbonyl (C=O) groups excluding carboxylic acids is 1. The maximum atomic E-state index is 12.8. The van der Waals surface area contributed by atoms with Crippen molar-refractivity contribution in [2.45, 2.75) is 13.8 Å². The lowest BCUT2D eigenvalue weighted by Gasteiger charge is -2.07. The van der Waals surface area contributed by atoms with Crippen LogP contribution in [-0.2, 0) is 0 Å². The highest BCUT2D eigenvalue weighted by Gasteiger charge is 2.18. The van der Waals surface area contributed by atoms with E-state index in [-0.39, 0.29) is 5.91 Å². The number of nitrogens with zero attached hydrogens (tertiary/aromatic N) is 1. The largest absolute Gasteiger partial charge is 0.497 e. The fourth-order valence-corrected chi connectivity index (χ4v) is 4.31. The SMILES string of the molecule is COc1ccc(-c2ccc3c(N)c(C(=O)Nc4cc(C)cc(C)c4)sc3n2)cc1. The number of benzene rings is 2. The number of ether oxygens (including phenoxy) is 1. The van der Waals surface area contributed by atoms with Gasteiger partial charge < -0.3 is 15.8 Å². The van der Waals surface area contributed by atoms with E-state index in [0.717, 1.165) is 44.0 Å². The van der Waals surface area contributed by atoms with Gasteiger partial charge in [-0.3, -0.25) is 4.79 Å². The van der Waals surface area contributed by atoms with Gasteiger partial charge in [-0.15, -0.1) is 11.3 Å². The molecule has 6 heteroatoms. The number of nitrogens with two attached hydrogens (primary N) is 1. The normalized spacial score (nSPS) is 10.9. The van der Waals surface area contributed by atoms with Crippen LogP contribution in [0.5, 0.6) is 5.75 Å². The van der Waals surface area contributed by atoms with E-state index in [1.807, 2.05) is 62.4 Å². The first-order valence-corrected chi connectivity index (χ1v) is 9.99. The first-order valence-electron chi connectivity index (χ1n) is 9.17. The fourth-order valence-electron chi connectivity index (χ4n) is 3.32. The number of pyridine rings is 1. The molecule has 1 amide bonds. The predicted octanol–water partition coefficient (Wildman–Crippen LogP) is 5.42. The molecule has 0 aliphatic rings. The van der Waals surface area contributed by atoms with E-state index in [2.05, 4.69) is 11.4 Å². The molecule has 0 aliphatic heterocycles. The molecule has 0 fully saturated rings. The first-order chi connectivity index (χ1) is 13.9. The summed E-state index contributed by atoms with van der Waals surface area (Å²) in [4.78, 5) is 18.8. The van der Waals surface area contributed by atoms with Crippen LogP contribution in [0.3, 0.4) is 0 Å². The van der Waals surface area contributed by atoms with E-state index in [1.165, 1.54) is 11.3 Å². The molecule has 3 N–H and O–H groups in total. The molecule has 2 aromatic heterocycles. The number of aryl methyl sites for hydroxylation is 2. The molecule has 0 unspecified atom stereocenters. The number of hydrogen-bond acceptors (Lipinski definition) is 5. The quantitative estimate of drug-likeness (QED) is 0.477. The van der Waals surface area contributed by atoms with Crippen LogP contribution in [0.15, 0.2) is 54.6 Å². The molecule has 4 aromatic rings. The van der Waals surface area contributed by atoms with Crippen molar-refractivity contribution >= 4 is 38.8 Å². The zero-order valence-corrected chi connectivity index (χ0v) is 17.3. The topological polar surface area (TPSA) is 77.2 Å². The van der Waals surface area contributed by atoms with E-state index in [1.54, 1.807) is 7.11 Å². The second-order valence-corrected chi connectivity index (χ2v) is 7.95. The Kier molecular flexibility index (Phi) is 4.94. The molecule has 0 aliphatic carbocycles. The summed E-state index contributed by atoms with van der Waals surface area (Å²) in [6, 6.07) is 17.5. The van der Waals surface area contributed by atoms with Gasteiger partial charge in [0.2, 0.25) is 0 Å². The first kappa shape index (κ1) is 19.0. The lowest BCUT2D eigenvalue weighted by Crippen LogP contribution is -2.12. The number of rotatable bonds is 4. The van der Waals surface area contributed by atoms with Gasteiger partial charge in [0.15, 0.2) is 0 Å². The number of nitrogens with one attached hydrogen (secondary N) is 1. The summed E-state index contributed by atoms with van der Waals surface area (Å²) < 4.78 is 5.20. The second-order valence-electron chi connectivity index (χ2n) is 6.95. The minimum Gasteiger partial charge on any atom is -0.497 e. The van der Waals surface area contributed by atoms with Crippen LogP contribution < -0.4 is 15.8 Å². The monoisotopic (exact) mass is 403 g/mol. The number of hydrogen-bond donors (Lipinski definition) is 2. The van der Waals surface area contributed by atoms with Gasteiger partial charge in [-0.1, -0.05) is 6.07 Å². The summed E-state index contributed by atoms with van der Waals surface area (Å²) in [5, 5.41) is 3.74. The van der Waals surface area contributed by atoms with Crippen molar-refractivity contribution in [2.75, 3.05) is 18.2 Å². The third-order valence-corrected chi connectivity index (χ3v) is 5.78. The Hall–Kier alpha value is -3.38. The zero-order valence-electron chi connectivity index (χ0n) is 16.4. The Labute approximate surface area is 173 Å². The average Bonchev–Trinajstić information content (AvgIpc) is 3.03. The third kappa shape index (κ3) is 3.79. The summed E-state index contributed by atoms with van der Waals surface area (Å²) in [7, 11) is 1.64. The van der Waals surface area contributed by atoms with Crippen molar-refractivity contribution in [3.8, 4) is 17.0 Å². The van der Waals surface area contributed by atoms with Gasteiger partial charge in [-0.2, -0.15) is 0 Å². The number of amides is 1. The van der Waals surface area contributed by atoms with Crippen LogP contribution in [-0.4, -0.2) is 18.0 Å². The number of thiophene rings is 1. The minimum absolute atomic E-state index is 0.221. The van der Waals surface area contributed by atoms with E-state index in [4.69, 9.17) is 15.5 Å². The standard InChI is InChI=1S/C23H21N3O2S/c1-13-10-14(2)12-16(11-13)25-22(27)21-20(24)18-8-9-19(26-23(18)29-21)15-4-6-17(28-3)7-5-15/h4-12H,24H2,1-3H3,(H,25,27). The summed E-state index contributed by atoms with van der Waals surface area (Å²) >= 11 is 1.30.